The fourth-order valence-electron chi connectivity index (χ4n) is 4.90. The van der Waals surface area contributed by atoms with Gasteiger partial charge in [0.1, 0.15) is 5.75 Å². The highest BCUT2D eigenvalue weighted by atomic mass is 19.4. The molecule has 4 rings (SSSR count). The van der Waals surface area contributed by atoms with Gasteiger partial charge in [-0.15, -0.1) is 0 Å². The highest BCUT2D eigenvalue weighted by Crippen LogP contribution is 2.57. The number of anilines is 1. The Balaban J connectivity index is 2.00. The van der Waals surface area contributed by atoms with Crippen LogP contribution in [0, 0.1) is 12.7 Å². The minimum Gasteiger partial charge on any atom is -0.507 e. The monoisotopic (exact) mass is 449 g/mol. The lowest BCUT2D eigenvalue weighted by molar-refractivity contribution is -0.276. The average molecular weight is 449 g/mol. The first-order valence-corrected chi connectivity index (χ1v) is 10.1. The van der Waals surface area contributed by atoms with Gasteiger partial charge in [-0.05, 0) is 42.0 Å². The zero-order chi connectivity index (χ0) is 23.6. The first-order valence-electron chi connectivity index (χ1n) is 10.1. The van der Waals surface area contributed by atoms with Gasteiger partial charge < -0.3 is 20.6 Å². The van der Waals surface area contributed by atoms with E-state index in [0.717, 1.165) is 0 Å². The molecule has 0 fully saturated rings. The molecule has 0 aliphatic heterocycles. The number of fused-ring (bicyclic) bond motifs is 2. The van der Waals surface area contributed by atoms with Crippen molar-refractivity contribution in [3.63, 3.8) is 0 Å². The number of hydrogen-bond acceptors (Lipinski definition) is 4. The molecule has 4 nitrogen and oxygen atoms in total. The highest BCUT2D eigenvalue weighted by Gasteiger charge is 2.64. The molecule has 0 aromatic heterocycles. The molecule has 170 valence electrons. The number of alkyl halides is 3. The number of nitrogens with one attached hydrogen (secondary N) is 1. The number of hydrogen-bond donors (Lipinski definition) is 4. The maximum atomic E-state index is 14.5. The number of aryl methyl sites for hydroxylation is 1. The second-order valence-electron chi connectivity index (χ2n) is 9.06. The summed E-state index contributed by atoms with van der Waals surface area (Å²) in [5.41, 5.74) is -4.37. The van der Waals surface area contributed by atoms with Crippen molar-refractivity contribution in [3.8, 4) is 11.5 Å². The molecule has 0 radical (unpaired) electrons. The molecule has 8 heteroatoms. The van der Waals surface area contributed by atoms with Crippen molar-refractivity contribution < 1.29 is 32.9 Å². The number of phenols is 2. The molecule has 0 spiro atoms. The summed E-state index contributed by atoms with van der Waals surface area (Å²) in [5.74, 6) is -1.65. The third kappa shape index (κ3) is 3.16. The molecule has 0 saturated carbocycles. The van der Waals surface area contributed by atoms with Crippen molar-refractivity contribution in [2.75, 3.05) is 5.32 Å². The van der Waals surface area contributed by atoms with E-state index in [1.54, 1.807) is 24.3 Å². The van der Waals surface area contributed by atoms with Crippen LogP contribution in [-0.2, 0) is 5.41 Å². The number of aromatic hydroxyl groups is 2. The van der Waals surface area contributed by atoms with Crippen LogP contribution in [0.2, 0.25) is 0 Å². The van der Waals surface area contributed by atoms with Crippen LogP contribution in [0.1, 0.15) is 43.0 Å². The molecule has 0 bridgehead atoms. The maximum absolute atomic E-state index is 14.5. The Morgan fingerprint density at radius 3 is 2.31 bits per heavy atom. The Hall–Kier alpha value is -3.00. The van der Waals surface area contributed by atoms with Crippen molar-refractivity contribution in [1.29, 1.82) is 0 Å². The van der Waals surface area contributed by atoms with Gasteiger partial charge in [0.2, 0.25) is 0 Å². The molecule has 0 heterocycles. The van der Waals surface area contributed by atoms with Crippen LogP contribution in [0.25, 0.3) is 10.8 Å². The van der Waals surface area contributed by atoms with Crippen LogP contribution < -0.4 is 5.32 Å². The normalized spacial score (nSPS) is 22.6. The van der Waals surface area contributed by atoms with E-state index in [4.69, 9.17) is 0 Å². The van der Waals surface area contributed by atoms with E-state index < -0.39 is 41.2 Å². The molecule has 3 aromatic rings. The summed E-state index contributed by atoms with van der Waals surface area (Å²) in [6, 6.07) is 8.88. The van der Waals surface area contributed by atoms with Gasteiger partial charge in [0, 0.05) is 22.0 Å². The fourth-order valence-corrected chi connectivity index (χ4v) is 4.90. The van der Waals surface area contributed by atoms with Crippen molar-refractivity contribution in [1.82, 2.24) is 0 Å². The van der Waals surface area contributed by atoms with Gasteiger partial charge in [-0.1, -0.05) is 44.2 Å². The molecule has 0 amide bonds. The van der Waals surface area contributed by atoms with E-state index >= 15 is 0 Å². The SMILES string of the molecule is Cc1cc2c(c(O)c1F)C(C)(C)CC(O)(C(F)(F)F)C2Nc1cccc2c(O)cccc12. The smallest absolute Gasteiger partial charge is 0.419 e. The zero-order valence-electron chi connectivity index (χ0n) is 17.7. The van der Waals surface area contributed by atoms with E-state index in [2.05, 4.69) is 5.32 Å². The summed E-state index contributed by atoms with van der Waals surface area (Å²) in [5, 5.41) is 35.4. The lowest BCUT2D eigenvalue weighted by Gasteiger charge is -2.49. The van der Waals surface area contributed by atoms with Crippen molar-refractivity contribution in [2.24, 2.45) is 0 Å². The standard InChI is InChI=1S/C24H23F4NO3/c1-12-10-15-18(20(31)19(12)25)22(2,3)11-23(32,24(26,27)28)21(15)29-16-8-4-7-14-13(16)6-5-9-17(14)30/h4-10,21,29-32H,11H2,1-3H3. The Kier molecular flexibility index (Phi) is 4.86. The number of benzene rings is 3. The van der Waals surface area contributed by atoms with Crippen LogP contribution in [0.3, 0.4) is 0 Å². The summed E-state index contributed by atoms with van der Waals surface area (Å²) in [7, 11) is 0. The van der Waals surface area contributed by atoms with Crippen molar-refractivity contribution >= 4 is 16.5 Å². The maximum Gasteiger partial charge on any atom is 0.419 e. The van der Waals surface area contributed by atoms with E-state index in [-0.39, 0.29) is 28.1 Å². The number of aliphatic hydroxyl groups is 1. The first kappa shape index (κ1) is 22.2. The largest absolute Gasteiger partial charge is 0.507 e. The summed E-state index contributed by atoms with van der Waals surface area (Å²) in [6.45, 7) is 4.21. The Morgan fingerprint density at radius 2 is 1.66 bits per heavy atom. The Bertz CT molecular complexity index is 1220. The average Bonchev–Trinajstić information content (AvgIpc) is 2.68. The Labute approximate surface area is 182 Å². The number of phenolic OH excluding ortho intramolecular Hbond substituents is 2. The van der Waals surface area contributed by atoms with E-state index in [0.29, 0.717) is 10.8 Å². The van der Waals surface area contributed by atoms with Gasteiger partial charge in [-0.3, -0.25) is 0 Å². The molecular weight excluding hydrogens is 426 g/mol. The van der Waals surface area contributed by atoms with Gasteiger partial charge in [-0.25, -0.2) is 4.39 Å². The summed E-state index contributed by atoms with van der Waals surface area (Å²) in [6.07, 6.45) is -5.81. The molecule has 4 N–H and O–H groups in total. The van der Waals surface area contributed by atoms with Crippen LogP contribution in [0.15, 0.2) is 42.5 Å². The molecule has 1 aliphatic carbocycles. The number of halogens is 4. The topological polar surface area (TPSA) is 72.7 Å². The lowest BCUT2D eigenvalue weighted by Crippen LogP contribution is -2.58. The molecule has 0 saturated heterocycles. The highest BCUT2D eigenvalue weighted by molar-refractivity contribution is 5.97. The first-order chi connectivity index (χ1) is 14.8. The van der Waals surface area contributed by atoms with Crippen LogP contribution >= 0.6 is 0 Å². The molecule has 2 atom stereocenters. The predicted octanol–water partition coefficient (Wildman–Crippen LogP) is 5.83. The third-order valence-electron chi connectivity index (χ3n) is 6.32. The summed E-state index contributed by atoms with van der Waals surface area (Å²) >= 11 is 0. The van der Waals surface area contributed by atoms with Gasteiger partial charge in [-0.2, -0.15) is 13.2 Å². The molecule has 3 aromatic carbocycles. The van der Waals surface area contributed by atoms with Gasteiger partial charge in [0.25, 0.3) is 0 Å². The van der Waals surface area contributed by atoms with E-state index in [1.165, 1.54) is 39.0 Å². The third-order valence-corrected chi connectivity index (χ3v) is 6.32. The van der Waals surface area contributed by atoms with Crippen LogP contribution in [0.5, 0.6) is 11.5 Å². The van der Waals surface area contributed by atoms with Gasteiger partial charge >= 0.3 is 6.18 Å². The molecule has 2 unspecified atom stereocenters. The summed E-state index contributed by atoms with van der Waals surface area (Å²) < 4.78 is 57.4. The molecular formula is C24H23F4NO3. The van der Waals surface area contributed by atoms with Gasteiger partial charge in [0.15, 0.2) is 17.2 Å². The lowest BCUT2D eigenvalue weighted by atomic mass is 9.63. The van der Waals surface area contributed by atoms with Crippen molar-refractivity contribution in [2.45, 2.75) is 50.4 Å². The number of rotatable bonds is 2. The predicted molar refractivity (Wildman–Crippen MR) is 113 cm³/mol. The minimum atomic E-state index is -5.02. The zero-order valence-corrected chi connectivity index (χ0v) is 17.7. The fraction of sp³-hybridized carbons (Fsp3) is 0.333. The summed E-state index contributed by atoms with van der Waals surface area (Å²) in [4.78, 5) is 0. The van der Waals surface area contributed by atoms with Crippen LogP contribution in [-0.4, -0.2) is 27.1 Å². The van der Waals surface area contributed by atoms with Crippen LogP contribution in [0.4, 0.5) is 23.2 Å². The second kappa shape index (κ2) is 7.00. The molecule has 32 heavy (non-hydrogen) atoms. The Morgan fingerprint density at radius 1 is 1.03 bits per heavy atom. The molecule has 1 aliphatic rings. The quantitative estimate of drug-likeness (QED) is 0.372. The van der Waals surface area contributed by atoms with Crippen molar-refractivity contribution in [3.05, 3.63) is 65.0 Å². The van der Waals surface area contributed by atoms with E-state index in [1.807, 2.05) is 0 Å². The second-order valence-corrected chi connectivity index (χ2v) is 9.06. The van der Waals surface area contributed by atoms with Gasteiger partial charge in [0.05, 0.1) is 6.04 Å². The minimum absolute atomic E-state index is 0.0232. The van der Waals surface area contributed by atoms with E-state index in [9.17, 15) is 32.9 Å².